The summed E-state index contributed by atoms with van der Waals surface area (Å²) in [6.07, 6.45) is 3.92. The van der Waals surface area contributed by atoms with E-state index in [0.29, 0.717) is 6.54 Å². The van der Waals surface area contributed by atoms with Gasteiger partial charge >= 0.3 is 0 Å². The molecular formula is C15H27N3O. The Hall–Kier alpha value is -1.13. The Kier molecular flexibility index (Phi) is 6.25. The van der Waals surface area contributed by atoms with Crippen molar-refractivity contribution in [1.29, 1.82) is 0 Å². The highest BCUT2D eigenvalue weighted by Gasteiger charge is 2.30. The lowest BCUT2D eigenvalue weighted by Crippen LogP contribution is -2.54. The van der Waals surface area contributed by atoms with E-state index in [9.17, 15) is 4.79 Å². The number of aromatic nitrogens is 1. The van der Waals surface area contributed by atoms with Crippen LogP contribution in [-0.2, 0) is 6.54 Å². The third-order valence-corrected chi connectivity index (χ3v) is 4.26. The number of pyridine rings is 1. The van der Waals surface area contributed by atoms with Gasteiger partial charge in [-0.25, -0.2) is 0 Å². The van der Waals surface area contributed by atoms with Crippen LogP contribution in [0, 0.1) is 0 Å². The van der Waals surface area contributed by atoms with Gasteiger partial charge < -0.3 is 10.3 Å². The molecule has 1 aromatic heterocycles. The molecule has 0 spiro atoms. The molecule has 0 aliphatic rings. The van der Waals surface area contributed by atoms with Gasteiger partial charge in [-0.2, -0.15) is 0 Å². The lowest BCUT2D eigenvalue weighted by Gasteiger charge is -2.42. The van der Waals surface area contributed by atoms with E-state index in [1.807, 2.05) is 12.3 Å². The minimum absolute atomic E-state index is 0.0601. The Morgan fingerprint density at radius 3 is 2.42 bits per heavy atom. The van der Waals surface area contributed by atoms with Gasteiger partial charge in [0.25, 0.3) is 5.56 Å². The number of nitrogens with two attached hydrogens (primary N) is 1. The molecule has 0 aliphatic carbocycles. The Morgan fingerprint density at radius 2 is 1.95 bits per heavy atom. The lowest BCUT2D eigenvalue weighted by molar-refractivity contribution is 0.0864. The molecule has 19 heavy (non-hydrogen) atoms. The molecule has 0 fully saturated rings. The van der Waals surface area contributed by atoms with E-state index in [-0.39, 0.29) is 11.1 Å². The van der Waals surface area contributed by atoms with Crippen LogP contribution >= 0.6 is 0 Å². The first-order chi connectivity index (χ1) is 9.13. The van der Waals surface area contributed by atoms with Crippen LogP contribution in [0.15, 0.2) is 29.2 Å². The molecule has 0 bridgehead atoms. The molecule has 4 heteroatoms. The first-order valence-electron chi connectivity index (χ1n) is 7.24. The van der Waals surface area contributed by atoms with E-state index in [1.165, 1.54) is 0 Å². The lowest BCUT2D eigenvalue weighted by atomic mass is 9.90. The van der Waals surface area contributed by atoms with Gasteiger partial charge in [-0.15, -0.1) is 0 Å². The monoisotopic (exact) mass is 265 g/mol. The molecule has 0 radical (unpaired) electrons. The summed E-state index contributed by atoms with van der Waals surface area (Å²) >= 11 is 0. The smallest absolute Gasteiger partial charge is 0.250 e. The quantitative estimate of drug-likeness (QED) is 0.778. The molecule has 4 nitrogen and oxygen atoms in total. The van der Waals surface area contributed by atoms with Crippen LogP contribution in [0.4, 0.5) is 0 Å². The van der Waals surface area contributed by atoms with Gasteiger partial charge in [-0.1, -0.05) is 26.8 Å². The molecule has 1 aromatic rings. The maximum absolute atomic E-state index is 11.7. The summed E-state index contributed by atoms with van der Waals surface area (Å²) in [6, 6.07) is 5.28. The van der Waals surface area contributed by atoms with Crippen molar-refractivity contribution in [3.8, 4) is 0 Å². The third kappa shape index (κ3) is 3.67. The molecule has 0 atom stereocenters. The fourth-order valence-corrected chi connectivity index (χ4v) is 2.72. The van der Waals surface area contributed by atoms with Crippen LogP contribution in [0.5, 0.6) is 0 Å². The maximum Gasteiger partial charge on any atom is 0.250 e. The fourth-order valence-electron chi connectivity index (χ4n) is 2.72. The van der Waals surface area contributed by atoms with Crippen molar-refractivity contribution in [2.75, 3.05) is 19.6 Å². The van der Waals surface area contributed by atoms with Gasteiger partial charge in [0.05, 0.1) is 0 Å². The minimum Gasteiger partial charge on any atom is -0.329 e. The van der Waals surface area contributed by atoms with Gasteiger partial charge in [0.1, 0.15) is 0 Å². The molecule has 0 aliphatic heterocycles. The topological polar surface area (TPSA) is 51.3 Å². The number of likely N-dealkylation sites (N-methyl/N-ethyl adjacent to an activating group) is 1. The van der Waals surface area contributed by atoms with Crippen LogP contribution in [0.25, 0.3) is 0 Å². The molecule has 108 valence electrons. The van der Waals surface area contributed by atoms with E-state index in [0.717, 1.165) is 32.5 Å². The zero-order valence-electron chi connectivity index (χ0n) is 12.4. The molecule has 0 saturated carbocycles. The van der Waals surface area contributed by atoms with Gasteiger partial charge in [-0.3, -0.25) is 9.69 Å². The predicted octanol–water partition coefficient (Wildman–Crippen LogP) is 1.69. The number of hydrogen-bond donors (Lipinski definition) is 1. The Bertz CT molecular complexity index is 415. The van der Waals surface area contributed by atoms with Crippen LogP contribution in [0.3, 0.4) is 0 Å². The van der Waals surface area contributed by atoms with Crippen molar-refractivity contribution in [2.24, 2.45) is 5.73 Å². The second kappa shape index (κ2) is 7.46. The summed E-state index contributed by atoms with van der Waals surface area (Å²) in [7, 11) is 0. The average Bonchev–Trinajstić information content (AvgIpc) is 2.45. The zero-order chi connectivity index (χ0) is 14.3. The summed E-state index contributed by atoms with van der Waals surface area (Å²) in [5.74, 6) is 0. The van der Waals surface area contributed by atoms with Crippen LogP contribution in [0.1, 0.15) is 33.6 Å². The average molecular weight is 265 g/mol. The normalized spacial score (nSPS) is 12.1. The van der Waals surface area contributed by atoms with E-state index in [1.54, 1.807) is 16.7 Å². The zero-order valence-corrected chi connectivity index (χ0v) is 12.4. The van der Waals surface area contributed by atoms with Crippen molar-refractivity contribution < 1.29 is 0 Å². The highest BCUT2D eigenvalue weighted by atomic mass is 16.1. The largest absolute Gasteiger partial charge is 0.329 e. The Balaban J connectivity index is 2.78. The van der Waals surface area contributed by atoms with Crippen LogP contribution in [0.2, 0.25) is 0 Å². The predicted molar refractivity (Wildman–Crippen MR) is 80.3 cm³/mol. The highest BCUT2D eigenvalue weighted by Crippen LogP contribution is 2.22. The number of rotatable bonds is 8. The van der Waals surface area contributed by atoms with E-state index in [4.69, 9.17) is 5.73 Å². The summed E-state index contributed by atoms with van der Waals surface area (Å²) in [5.41, 5.74) is 6.12. The van der Waals surface area contributed by atoms with Crippen molar-refractivity contribution in [3.05, 3.63) is 34.7 Å². The SMILES string of the molecule is CCN(CCn1ccccc1=O)C(CC)(CC)CN. The van der Waals surface area contributed by atoms with Crippen molar-refractivity contribution in [2.45, 2.75) is 45.7 Å². The van der Waals surface area contributed by atoms with Crippen LogP contribution in [-0.4, -0.2) is 34.6 Å². The summed E-state index contributed by atoms with van der Waals surface area (Å²) in [6.45, 7) is 9.73. The third-order valence-electron chi connectivity index (χ3n) is 4.26. The molecule has 2 N–H and O–H groups in total. The van der Waals surface area contributed by atoms with Crippen LogP contribution < -0.4 is 11.3 Å². The number of hydrogen-bond acceptors (Lipinski definition) is 3. The van der Waals surface area contributed by atoms with Crippen molar-refractivity contribution >= 4 is 0 Å². The van der Waals surface area contributed by atoms with Crippen molar-refractivity contribution in [3.63, 3.8) is 0 Å². The molecule has 0 unspecified atom stereocenters. The first kappa shape index (κ1) is 15.9. The molecule has 0 aromatic carbocycles. The fraction of sp³-hybridized carbons (Fsp3) is 0.667. The summed E-state index contributed by atoms with van der Waals surface area (Å²) in [5, 5.41) is 0. The Morgan fingerprint density at radius 1 is 1.26 bits per heavy atom. The first-order valence-corrected chi connectivity index (χ1v) is 7.24. The van der Waals surface area contributed by atoms with Crippen molar-refractivity contribution in [1.82, 2.24) is 9.47 Å². The van der Waals surface area contributed by atoms with Gasteiger partial charge in [0, 0.05) is 37.4 Å². The second-order valence-electron chi connectivity index (χ2n) is 4.95. The van der Waals surface area contributed by atoms with Gasteiger partial charge in [-0.05, 0) is 25.5 Å². The summed E-state index contributed by atoms with van der Waals surface area (Å²) in [4.78, 5) is 14.1. The van der Waals surface area contributed by atoms with E-state index < -0.39 is 0 Å². The van der Waals surface area contributed by atoms with Gasteiger partial charge in [0.2, 0.25) is 0 Å². The molecule has 0 saturated heterocycles. The maximum atomic E-state index is 11.7. The highest BCUT2D eigenvalue weighted by molar-refractivity contribution is 4.94. The van der Waals surface area contributed by atoms with E-state index in [2.05, 4.69) is 25.7 Å². The molecule has 1 rings (SSSR count). The molecule has 0 amide bonds. The minimum atomic E-state index is 0.0601. The molecule has 1 heterocycles. The van der Waals surface area contributed by atoms with E-state index >= 15 is 0 Å². The standard InChI is InChI=1S/C15H27N3O/c1-4-15(5-2,13-16)18(6-3)12-11-17-10-8-7-9-14(17)19/h7-10H,4-6,11-13,16H2,1-3H3. The second-order valence-corrected chi connectivity index (χ2v) is 4.95. The summed E-state index contributed by atoms with van der Waals surface area (Å²) < 4.78 is 1.76. The Labute approximate surface area is 116 Å². The van der Waals surface area contributed by atoms with Gasteiger partial charge in [0.15, 0.2) is 0 Å². The molecular weight excluding hydrogens is 238 g/mol. The number of nitrogens with zero attached hydrogens (tertiary/aromatic N) is 2.